The fraction of sp³-hybridized carbons (Fsp3) is 0.235. The first-order valence-corrected chi connectivity index (χ1v) is 8.12. The zero-order chi connectivity index (χ0) is 14.5. The number of aryl methyl sites for hydroxylation is 1. The Morgan fingerprint density at radius 2 is 2.00 bits per heavy atom. The molecule has 0 saturated heterocycles. The van der Waals surface area contributed by atoms with Crippen LogP contribution in [-0.4, -0.2) is 22.4 Å². The monoisotopic (exact) mass is 297 g/mol. The Hall–Kier alpha value is -1.78. The lowest BCUT2D eigenvalue weighted by Gasteiger charge is -2.04. The number of hydrogen-bond acceptors (Lipinski definition) is 3. The molecule has 0 unspecified atom stereocenters. The third kappa shape index (κ3) is 3.28. The van der Waals surface area contributed by atoms with Crippen molar-refractivity contribution in [3.8, 4) is 0 Å². The Morgan fingerprint density at radius 3 is 2.81 bits per heavy atom. The van der Waals surface area contributed by atoms with Crippen molar-refractivity contribution in [1.29, 1.82) is 0 Å². The number of nitrogens with one attached hydrogen (secondary N) is 1. The van der Waals surface area contributed by atoms with Crippen LogP contribution in [0.1, 0.15) is 5.56 Å². The lowest BCUT2D eigenvalue weighted by atomic mass is 10.2. The molecule has 1 N–H and O–H groups in total. The van der Waals surface area contributed by atoms with E-state index in [1.54, 1.807) is 0 Å². The second kappa shape index (κ2) is 6.78. The van der Waals surface area contributed by atoms with E-state index in [-0.39, 0.29) is 0 Å². The number of fused-ring (bicyclic) bond motifs is 1. The van der Waals surface area contributed by atoms with Crippen molar-refractivity contribution in [3.63, 3.8) is 0 Å². The number of pyridine rings is 1. The molecule has 108 valence electrons. The third-order valence-corrected chi connectivity index (χ3v) is 4.42. The smallest absolute Gasteiger partial charge is 0.140 e. The Bertz CT molecular complexity index is 706. The van der Waals surface area contributed by atoms with Gasteiger partial charge >= 0.3 is 0 Å². The Kier molecular flexibility index (Phi) is 4.58. The van der Waals surface area contributed by atoms with E-state index in [0.717, 1.165) is 24.5 Å². The molecule has 2 aromatic heterocycles. The number of hydrogen-bond donors (Lipinski definition) is 1. The summed E-state index contributed by atoms with van der Waals surface area (Å²) < 4.78 is 2.26. The van der Waals surface area contributed by atoms with Crippen LogP contribution in [0.5, 0.6) is 0 Å². The van der Waals surface area contributed by atoms with Crippen LogP contribution in [0, 0.1) is 0 Å². The molecule has 0 fully saturated rings. The quantitative estimate of drug-likeness (QED) is 0.706. The maximum absolute atomic E-state index is 4.54. The SMILES string of the molecule is CNCc1cn(CCSc2ccccc2)c2ncccc12. The molecule has 0 aliphatic heterocycles. The Balaban J connectivity index is 1.74. The van der Waals surface area contributed by atoms with Gasteiger partial charge in [-0.15, -0.1) is 11.8 Å². The molecule has 4 heteroatoms. The fourth-order valence-electron chi connectivity index (χ4n) is 2.48. The second-order valence-electron chi connectivity index (χ2n) is 4.91. The molecule has 0 radical (unpaired) electrons. The van der Waals surface area contributed by atoms with E-state index in [2.05, 4.69) is 57.5 Å². The summed E-state index contributed by atoms with van der Waals surface area (Å²) in [4.78, 5) is 5.85. The molecule has 0 atom stereocenters. The normalized spacial score (nSPS) is 11.1. The summed E-state index contributed by atoms with van der Waals surface area (Å²) in [5, 5.41) is 4.47. The van der Waals surface area contributed by atoms with Gasteiger partial charge in [0.15, 0.2) is 0 Å². The molecule has 0 amide bonds. The van der Waals surface area contributed by atoms with Crippen molar-refractivity contribution < 1.29 is 0 Å². The molecule has 0 spiro atoms. The van der Waals surface area contributed by atoms with Gasteiger partial charge in [0.1, 0.15) is 5.65 Å². The summed E-state index contributed by atoms with van der Waals surface area (Å²) in [5.41, 5.74) is 2.39. The van der Waals surface area contributed by atoms with Gasteiger partial charge in [-0.2, -0.15) is 0 Å². The summed E-state index contributed by atoms with van der Waals surface area (Å²) in [6.07, 6.45) is 4.09. The van der Waals surface area contributed by atoms with Crippen molar-refractivity contribution in [2.24, 2.45) is 0 Å². The zero-order valence-electron chi connectivity index (χ0n) is 12.1. The van der Waals surface area contributed by atoms with Gasteiger partial charge in [0.2, 0.25) is 0 Å². The molecule has 0 saturated carbocycles. The van der Waals surface area contributed by atoms with Crippen molar-refractivity contribution in [1.82, 2.24) is 14.9 Å². The number of aromatic nitrogens is 2. The molecule has 3 rings (SSSR count). The topological polar surface area (TPSA) is 29.9 Å². The van der Waals surface area contributed by atoms with Crippen LogP contribution in [0.2, 0.25) is 0 Å². The minimum absolute atomic E-state index is 0.876. The third-order valence-electron chi connectivity index (χ3n) is 3.43. The minimum Gasteiger partial charge on any atom is -0.331 e. The molecule has 0 aliphatic rings. The summed E-state index contributed by atoms with van der Waals surface area (Å²) in [7, 11) is 1.98. The molecular formula is C17H19N3S. The fourth-order valence-corrected chi connectivity index (χ4v) is 3.35. The van der Waals surface area contributed by atoms with E-state index in [9.17, 15) is 0 Å². The van der Waals surface area contributed by atoms with Crippen molar-refractivity contribution in [2.75, 3.05) is 12.8 Å². The van der Waals surface area contributed by atoms with Gasteiger partial charge in [-0.1, -0.05) is 18.2 Å². The molecule has 0 aliphatic carbocycles. The standard InChI is InChI=1S/C17H19N3S/c1-18-12-14-13-20(17-16(14)8-5-9-19-17)10-11-21-15-6-3-2-4-7-15/h2-9,13,18H,10-12H2,1H3. The first kappa shape index (κ1) is 14.2. The predicted octanol–water partition coefficient (Wildman–Crippen LogP) is 3.55. The predicted molar refractivity (Wildman–Crippen MR) is 89.7 cm³/mol. The van der Waals surface area contributed by atoms with Gasteiger partial charge in [-0.25, -0.2) is 4.98 Å². The average molecular weight is 297 g/mol. The summed E-state index contributed by atoms with van der Waals surface area (Å²) in [6, 6.07) is 14.7. The molecule has 2 heterocycles. The van der Waals surface area contributed by atoms with Crippen LogP contribution >= 0.6 is 11.8 Å². The maximum atomic E-state index is 4.54. The van der Waals surface area contributed by atoms with Gasteiger partial charge in [0.05, 0.1) is 0 Å². The maximum Gasteiger partial charge on any atom is 0.140 e. The minimum atomic E-state index is 0.876. The van der Waals surface area contributed by atoms with Crippen molar-refractivity contribution >= 4 is 22.8 Å². The molecule has 0 bridgehead atoms. The summed E-state index contributed by atoms with van der Waals surface area (Å²) in [6.45, 7) is 1.85. The van der Waals surface area contributed by atoms with Gasteiger partial charge in [0.25, 0.3) is 0 Å². The highest BCUT2D eigenvalue weighted by Gasteiger charge is 2.08. The van der Waals surface area contributed by atoms with E-state index < -0.39 is 0 Å². The summed E-state index contributed by atoms with van der Waals surface area (Å²) in [5.74, 6) is 1.05. The van der Waals surface area contributed by atoms with Crippen LogP contribution in [0.25, 0.3) is 11.0 Å². The lowest BCUT2D eigenvalue weighted by molar-refractivity contribution is 0.775. The average Bonchev–Trinajstić information content (AvgIpc) is 2.87. The highest BCUT2D eigenvalue weighted by molar-refractivity contribution is 7.99. The van der Waals surface area contributed by atoms with E-state index in [0.29, 0.717) is 0 Å². The van der Waals surface area contributed by atoms with E-state index in [1.807, 2.05) is 31.1 Å². The lowest BCUT2D eigenvalue weighted by Crippen LogP contribution is -2.04. The van der Waals surface area contributed by atoms with Gasteiger partial charge in [-0.05, 0) is 36.9 Å². The van der Waals surface area contributed by atoms with E-state index >= 15 is 0 Å². The number of benzene rings is 1. The molecule has 1 aromatic carbocycles. The second-order valence-corrected chi connectivity index (χ2v) is 6.08. The van der Waals surface area contributed by atoms with Crippen LogP contribution in [0.4, 0.5) is 0 Å². The first-order valence-electron chi connectivity index (χ1n) is 7.13. The number of rotatable bonds is 6. The van der Waals surface area contributed by atoms with E-state index in [1.165, 1.54) is 15.8 Å². The molecule has 21 heavy (non-hydrogen) atoms. The van der Waals surface area contributed by atoms with Crippen molar-refractivity contribution in [2.45, 2.75) is 18.0 Å². The molecule has 3 nitrogen and oxygen atoms in total. The zero-order valence-corrected chi connectivity index (χ0v) is 12.9. The highest BCUT2D eigenvalue weighted by atomic mass is 32.2. The largest absolute Gasteiger partial charge is 0.331 e. The van der Waals surface area contributed by atoms with Crippen LogP contribution in [-0.2, 0) is 13.1 Å². The first-order chi connectivity index (χ1) is 10.4. The van der Waals surface area contributed by atoms with Crippen LogP contribution in [0.3, 0.4) is 0 Å². The van der Waals surface area contributed by atoms with Crippen molar-refractivity contribution in [3.05, 3.63) is 60.4 Å². The Morgan fingerprint density at radius 1 is 1.14 bits per heavy atom. The number of thioether (sulfide) groups is 1. The summed E-state index contributed by atoms with van der Waals surface area (Å²) >= 11 is 1.88. The van der Waals surface area contributed by atoms with E-state index in [4.69, 9.17) is 0 Å². The van der Waals surface area contributed by atoms with Gasteiger partial charge in [-0.3, -0.25) is 0 Å². The number of nitrogens with zero attached hydrogens (tertiary/aromatic N) is 2. The van der Waals surface area contributed by atoms with Gasteiger partial charge in [0, 0.05) is 41.5 Å². The van der Waals surface area contributed by atoms with Crippen LogP contribution < -0.4 is 5.32 Å². The molecule has 3 aromatic rings. The Labute approximate surface area is 129 Å². The highest BCUT2D eigenvalue weighted by Crippen LogP contribution is 2.22. The van der Waals surface area contributed by atoms with Gasteiger partial charge < -0.3 is 9.88 Å². The van der Waals surface area contributed by atoms with Crippen LogP contribution in [0.15, 0.2) is 59.8 Å². The molecular weight excluding hydrogens is 278 g/mol.